The lowest BCUT2D eigenvalue weighted by Gasteiger charge is -2.22. The summed E-state index contributed by atoms with van der Waals surface area (Å²) in [6.07, 6.45) is 6.39. The lowest BCUT2D eigenvalue weighted by molar-refractivity contribution is -0.146. The molecule has 1 aliphatic rings. The van der Waals surface area contributed by atoms with Crippen LogP contribution >= 0.6 is 0 Å². The van der Waals surface area contributed by atoms with Gasteiger partial charge in [0.15, 0.2) is 0 Å². The second-order valence-electron chi connectivity index (χ2n) is 5.71. The number of hydrogen-bond acceptors (Lipinski definition) is 5. The van der Waals surface area contributed by atoms with Crippen LogP contribution in [0, 0.1) is 0 Å². The molecular weight excluding hydrogens is 284 g/mol. The number of nitrogens with one attached hydrogen (secondary N) is 1. The lowest BCUT2D eigenvalue weighted by atomic mass is 9.95. The van der Waals surface area contributed by atoms with Crippen molar-refractivity contribution in [2.24, 2.45) is 5.73 Å². The highest BCUT2D eigenvalue weighted by atomic mass is 16.5. The van der Waals surface area contributed by atoms with E-state index in [0.717, 1.165) is 5.76 Å². The van der Waals surface area contributed by atoms with Gasteiger partial charge in [0.05, 0.1) is 13.0 Å². The van der Waals surface area contributed by atoms with E-state index in [1.54, 1.807) is 6.07 Å². The van der Waals surface area contributed by atoms with Gasteiger partial charge < -0.3 is 20.2 Å². The van der Waals surface area contributed by atoms with Crippen LogP contribution in [0.5, 0.6) is 0 Å². The number of amides is 1. The number of ether oxygens (including phenoxy) is 1. The summed E-state index contributed by atoms with van der Waals surface area (Å²) in [5.41, 5.74) is 4.97. The molecule has 0 aromatic carbocycles. The minimum atomic E-state index is -0.508. The van der Waals surface area contributed by atoms with Gasteiger partial charge in [-0.2, -0.15) is 0 Å². The minimum Gasteiger partial charge on any atom is -0.461 e. The van der Waals surface area contributed by atoms with E-state index in [9.17, 15) is 9.59 Å². The number of rotatable bonds is 8. The van der Waals surface area contributed by atoms with Gasteiger partial charge in [0, 0.05) is 12.5 Å². The average molecular weight is 308 g/mol. The molecule has 0 atom stereocenters. The van der Waals surface area contributed by atoms with E-state index in [0.29, 0.717) is 18.3 Å². The molecule has 1 aliphatic carbocycles. The van der Waals surface area contributed by atoms with E-state index in [-0.39, 0.29) is 19.4 Å². The lowest BCUT2D eigenvalue weighted by Crippen LogP contribution is -2.30. The molecule has 0 spiro atoms. The van der Waals surface area contributed by atoms with Gasteiger partial charge in [-0.15, -0.1) is 0 Å². The highest BCUT2D eigenvalue weighted by Gasteiger charge is 2.13. The number of carbonyl (C=O) groups excluding carboxylic acids is 2. The molecule has 0 unspecified atom stereocenters. The van der Waals surface area contributed by atoms with Crippen molar-refractivity contribution in [2.75, 3.05) is 0 Å². The van der Waals surface area contributed by atoms with Crippen molar-refractivity contribution in [3.05, 3.63) is 23.7 Å². The standard InChI is InChI=1S/C16H24N2O4/c17-15(19)8-9-16(20)21-11-14-7-6-13(22-14)10-18-12-4-2-1-3-5-12/h6-7,12,18H,1-5,8-11H2,(H2,17,19). The van der Waals surface area contributed by atoms with E-state index < -0.39 is 11.9 Å². The van der Waals surface area contributed by atoms with E-state index in [4.69, 9.17) is 14.9 Å². The van der Waals surface area contributed by atoms with Gasteiger partial charge in [-0.3, -0.25) is 9.59 Å². The molecule has 22 heavy (non-hydrogen) atoms. The Balaban J connectivity index is 1.67. The van der Waals surface area contributed by atoms with Crippen molar-refractivity contribution in [3.63, 3.8) is 0 Å². The van der Waals surface area contributed by atoms with Crippen molar-refractivity contribution >= 4 is 11.9 Å². The summed E-state index contributed by atoms with van der Waals surface area (Å²) >= 11 is 0. The van der Waals surface area contributed by atoms with Gasteiger partial charge in [0.25, 0.3) is 0 Å². The second kappa shape index (κ2) is 8.58. The van der Waals surface area contributed by atoms with Gasteiger partial charge in [-0.1, -0.05) is 19.3 Å². The predicted octanol–water partition coefficient (Wildman–Crippen LogP) is 2.01. The maximum absolute atomic E-state index is 11.4. The van der Waals surface area contributed by atoms with E-state index in [2.05, 4.69) is 5.32 Å². The van der Waals surface area contributed by atoms with Crippen molar-refractivity contribution in [1.29, 1.82) is 0 Å². The Labute approximate surface area is 130 Å². The molecule has 2 rings (SSSR count). The van der Waals surface area contributed by atoms with Gasteiger partial charge >= 0.3 is 5.97 Å². The molecule has 1 fully saturated rings. The molecule has 1 heterocycles. The molecule has 0 saturated heterocycles. The molecular formula is C16H24N2O4. The zero-order chi connectivity index (χ0) is 15.8. The number of carbonyl (C=O) groups is 2. The summed E-state index contributed by atoms with van der Waals surface area (Å²) in [5.74, 6) is 0.490. The second-order valence-corrected chi connectivity index (χ2v) is 5.71. The first-order valence-electron chi connectivity index (χ1n) is 7.88. The average Bonchev–Trinajstić information content (AvgIpc) is 2.98. The first-order valence-corrected chi connectivity index (χ1v) is 7.88. The molecule has 0 bridgehead atoms. The Kier molecular flexibility index (Phi) is 6.45. The molecule has 3 N–H and O–H groups in total. The minimum absolute atomic E-state index is 0.00609. The summed E-state index contributed by atoms with van der Waals surface area (Å²) < 4.78 is 10.6. The third-order valence-corrected chi connectivity index (χ3v) is 3.84. The van der Waals surface area contributed by atoms with E-state index in [1.807, 2.05) is 6.07 Å². The Morgan fingerprint density at radius 3 is 2.64 bits per heavy atom. The van der Waals surface area contributed by atoms with Gasteiger partial charge in [-0.05, 0) is 25.0 Å². The fourth-order valence-corrected chi connectivity index (χ4v) is 2.60. The number of hydrogen-bond donors (Lipinski definition) is 2. The maximum atomic E-state index is 11.4. The Morgan fingerprint density at radius 2 is 1.91 bits per heavy atom. The van der Waals surface area contributed by atoms with Crippen LogP contribution in [0.3, 0.4) is 0 Å². The summed E-state index contributed by atoms with van der Waals surface area (Å²) in [4.78, 5) is 21.9. The van der Waals surface area contributed by atoms with Crippen LogP contribution in [0.4, 0.5) is 0 Å². The number of nitrogens with two attached hydrogens (primary N) is 1. The van der Waals surface area contributed by atoms with Crippen molar-refractivity contribution in [1.82, 2.24) is 5.32 Å². The maximum Gasteiger partial charge on any atom is 0.306 e. The van der Waals surface area contributed by atoms with Gasteiger partial charge in [0.1, 0.15) is 18.1 Å². The third kappa shape index (κ3) is 5.89. The molecule has 0 radical (unpaired) electrons. The van der Waals surface area contributed by atoms with Crippen molar-refractivity contribution in [3.8, 4) is 0 Å². The van der Waals surface area contributed by atoms with Crippen LogP contribution in [0.2, 0.25) is 0 Å². The van der Waals surface area contributed by atoms with Crippen LogP contribution in [-0.2, 0) is 27.5 Å². The fourth-order valence-electron chi connectivity index (χ4n) is 2.60. The highest BCUT2D eigenvalue weighted by Crippen LogP contribution is 2.18. The van der Waals surface area contributed by atoms with Crippen LogP contribution < -0.4 is 11.1 Å². The Bertz CT molecular complexity index is 492. The fraction of sp³-hybridized carbons (Fsp3) is 0.625. The molecule has 6 nitrogen and oxygen atoms in total. The summed E-state index contributed by atoms with van der Waals surface area (Å²) in [6, 6.07) is 4.27. The van der Waals surface area contributed by atoms with Gasteiger partial charge in [-0.25, -0.2) is 0 Å². The zero-order valence-corrected chi connectivity index (χ0v) is 12.8. The Hall–Kier alpha value is -1.82. The largest absolute Gasteiger partial charge is 0.461 e. The van der Waals surface area contributed by atoms with Crippen LogP contribution in [0.15, 0.2) is 16.5 Å². The van der Waals surface area contributed by atoms with Crippen LogP contribution in [0.1, 0.15) is 56.5 Å². The van der Waals surface area contributed by atoms with E-state index in [1.165, 1.54) is 32.1 Å². The zero-order valence-electron chi connectivity index (χ0n) is 12.8. The molecule has 6 heteroatoms. The molecule has 0 aliphatic heterocycles. The molecule has 122 valence electrons. The Morgan fingerprint density at radius 1 is 1.18 bits per heavy atom. The molecule has 1 saturated carbocycles. The monoisotopic (exact) mass is 308 g/mol. The normalized spacial score (nSPS) is 15.6. The summed E-state index contributed by atoms with van der Waals surface area (Å²) in [7, 11) is 0. The van der Waals surface area contributed by atoms with E-state index >= 15 is 0 Å². The molecule has 1 amide bonds. The predicted molar refractivity (Wildman–Crippen MR) is 80.6 cm³/mol. The van der Waals surface area contributed by atoms with Gasteiger partial charge in [0.2, 0.25) is 5.91 Å². The smallest absolute Gasteiger partial charge is 0.306 e. The van der Waals surface area contributed by atoms with Crippen molar-refractivity contribution < 1.29 is 18.7 Å². The van der Waals surface area contributed by atoms with Crippen LogP contribution in [0.25, 0.3) is 0 Å². The highest BCUT2D eigenvalue weighted by molar-refractivity contribution is 5.79. The molecule has 1 aromatic rings. The van der Waals surface area contributed by atoms with Crippen molar-refractivity contribution in [2.45, 2.75) is 64.1 Å². The number of primary amides is 1. The van der Waals surface area contributed by atoms with Crippen LogP contribution in [-0.4, -0.2) is 17.9 Å². The third-order valence-electron chi connectivity index (χ3n) is 3.84. The molecule has 1 aromatic heterocycles. The summed E-state index contributed by atoms with van der Waals surface area (Å²) in [5, 5.41) is 3.50. The first kappa shape index (κ1) is 16.5. The SMILES string of the molecule is NC(=O)CCC(=O)OCc1ccc(CNC2CCCCC2)o1. The topological polar surface area (TPSA) is 94.6 Å². The number of esters is 1. The quantitative estimate of drug-likeness (QED) is 0.716. The number of furan rings is 1. The first-order chi connectivity index (χ1) is 10.6. The summed E-state index contributed by atoms with van der Waals surface area (Å²) in [6.45, 7) is 0.779.